The summed E-state index contributed by atoms with van der Waals surface area (Å²) in [6, 6.07) is 7.90. The van der Waals surface area contributed by atoms with Gasteiger partial charge in [0, 0.05) is 56.8 Å². The zero-order valence-corrected chi connectivity index (χ0v) is 11.6. The summed E-state index contributed by atoms with van der Waals surface area (Å²) in [4.78, 5) is 26.4. The summed E-state index contributed by atoms with van der Waals surface area (Å²) in [5.74, 6) is -0.182. The molecule has 1 fully saturated rings. The van der Waals surface area contributed by atoms with Gasteiger partial charge < -0.3 is 4.90 Å². The fraction of sp³-hybridized carbons (Fsp3) is 0.429. The van der Waals surface area contributed by atoms with Crippen LogP contribution in [-0.4, -0.2) is 53.4 Å². The van der Waals surface area contributed by atoms with Crippen LogP contribution in [0.1, 0.15) is 16.8 Å². The van der Waals surface area contributed by atoms with Crippen LogP contribution < -0.4 is 0 Å². The van der Waals surface area contributed by atoms with Crippen molar-refractivity contribution in [1.82, 2.24) is 9.80 Å². The third-order valence-corrected chi connectivity index (χ3v) is 3.50. The van der Waals surface area contributed by atoms with Crippen molar-refractivity contribution in [1.29, 1.82) is 5.26 Å². The maximum Gasteiger partial charge on any atom is 0.270 e. The van der Waals surface area contributed by atoms with E-state index in [0.29, 0.717) is 25.1 Å². The summed E-state index contributed by atoms with van der Waals surface area (Å²) >= 11 is 0. The average Bonchev–Trinajstić information content (AvgIpc) is 2.53. The van der Waals surface area contributed by atoms with Crippen LogP contribution in [0.15, 0.2) is 24.3 Å². The minimum Gasteiger partial charge on any atom is -0.336 e. The predicted octanol–water partition coefficient (Wildman–Crippen LogP) is 1.27. The Morgan fingerprint density at radius 3 is 2.67 bits per heavy atom. The molecular formula is C14H16N4O3. The highest BCUT2D eigenvalue weighted by Gasteiger charge is 2.22. The topological polar surface area (TPSA) is 90.5 Å². The van der Waals surface area contributed by atoms with Gasteiger partial charge in [0.15, 0.2) is 0 Å². The number of non-ortho nitro benzene ring substituents is 1. The van der Waals surface area contributed by atoms with Crippen LogP contribution in [0.2, 0.25) is 0 Å². The Balaban J connectivity index is 1.97. The second-order valence-electron chi connectivity index (χ2n) is 4.85. The third kappa shape index (κ3) is 3.77. The molecule has 1 heterocycles. The second kappa shape index (κ2) is 6.81. The van der Waals surface area contributed by atoms with E-state index in [1.54, 1.807) is 11.0 Å². The minimum absolute atomic E-state index is 0.0755. The number of nitrogens with zero attached hydrogens (tertiary/aromatic N) is 4. The van der Waals surface area contributed by atoms with Crippen molar-refractivity contribution in [3.8, 4) is 6.07 Å². The molecule has 7 heteroatoms. The molecule has 0 aromatic heterocycles. The highest BCUT2D eigenvalue weighted by Crippen LogP contribution is 2.15. The second-order valence-corrected chi connectivity index (χ2v) is 4.85. The summed E-state index contributed by atoms with van der Waals surface area (Å²) < 4.78 is 0. The number of carbonyl (C=O) groups excluding carboxylic acids is 1. The first kappa shape index (κ1) is 14.9. The van der Waals surface area contributed by atoms with E-state index in [1.807, 2.05) is 0 Å². The van der Waals surface area contributed by atoms with Crippen LogP contribution in [0, 0.1) is 21.4 Å². The van der Waals surface area contributed by atoms with Gasteiger partial charge in [-0.3, -0.25) is 19.8 Å². The Morgan fingerprint density at radius 2 is 2.05 bits per heavy atom. The fourth-order valence-corrected chi connectivity index (χ4v) is 2.32. The molecule has 0 spiro atoms. The molecule has 1 aromatic carbocycles. The molecule has 110 valence electrons. The summed E-state index contributed by atoms with van der Waals surface area (Å²) in [6.45, 7) is 3.32. The van der Waals surface area contributed by atoms with E-state index >= 15 is 0 Å². The molecule has 0 atom stereocenters. The molecule has 0 unspecified atom stereocenters. The van der Waals surface area contributed by atoms with Crippen LogP contribution in [-0.2, 0) is 0 Å². The normalized spacial score (nSPS) is 15.5. The first-order valence-corrected chi connectivity index (χ1v) is 6.75. The lowest BCUT2D eigenvalue weighted by Crippen LogP contribution is -2.48. The van der Waals surface area contributed by atoms with Crippen molar-refractivity contribution in [3.63, 3.8) is 0 Å². The first-order valence-electron chi connectivity index (χ1n) is 6.75. The van der Waals surface area contributed by atoms with Crippen LogP contribution >= 0.6 is 0 Å². The Morgan fingerprint density at radius 1 is 1.33 bits per heavy atom. The van der Waals surface area contributed by atoms with Crippen LogP contribution in [0.5, 0.6) is 0 Å². The van der Waals surface area contributed by atoms with Gasteiger partial charge >= 0.3 is 0 Å². The number of nitro groups is 1. The Labute approximate surface area is 122 Å². The molecule has 1 saturated heterocycles. The number of nitriles is 1. The van der Waals surface area contributed by atoms with Gasteiger partial charge in [-0.15, -0.1) is 0 Å². The molecule has 0 N–H and O–H groups in total. The zero-order valence-electron chi connectivity index (χ0n) is 11.6. The maximum atomic E-state index is 12.3. The molecule has 0 aliphatic carbocycles. The van der Waals surface area contributed by atoms with Gasteiger partial charge in [-0.05, 0) is 6.07 Å². The van der Waals surface area contributed by atoms with Crippen molar-refractivity contribution in [2.45, 2.75) is 6.42 Å². The number of amides is 1. The molecule has 2 rings (SSSR count). The van der Waals surface area contributed by atoms with Gasteiger partial charge in [0.05, 0.1) is 11.0 Å². The molecule has 7 nitrogen and oxygen atoms in total. The maximum absolute atomic E-state index is 12.3. The van der Waals surface area contributed by atoms with E-state index in [1.165, 1.54) is 18.2 Å². The molecule has 1 aliphatic heterocycles. The molecule has 0 bridgehead atoms. The molecule has 1 aliphatic rings. The van der Waals surface area contributed by atoms with Gasteiger partial charge in [0.1, 0.15) is 0 Å². The molecule has 1 aromatic rings. The minimum atomic E-state index is -0.503. The summed E-state index contributed by atoms with van der Waals surface area (Å²) in [5, 5.41) is 19.3. The van der Waals surface area contributed by atoms with Crippen LogP contribution in [0.4, 0.5) is 5.69 Å². The molecule has 0 saturated carbocycles. The number of nitro benzene ring substituents is 1. The number of benzene rings is 1. The highest BCUT2D eigenvalue weighted by atomic mass is 16.6. The number of hydrogen-bond acceptors (Lipinski definition) is 5. The third-order valence-electron chi connectivity index (χ3n) is 3.50. The van der Waals surface area contributed by atoms with E-state index in [0.717, 1.165) is 19.6 Å². The van der Waals surface area contributed by atoms with E-state index < -0.39 is 4.92 Å². The monoisotopic (exact) mass is 288 g/mol. The van der Waals surface area contributed by atoms with Crippen LogP contribution in [0.3, 0.4) is 0 Å². The van der Waals surface area contributed by atoms with Gasteiger partial charge in [0.25, 0.3) is 11.6 Å². The SMILES string of the molecule is N#CCCN1CCN(C(=O)c2cccc([N+](=O)[O-])c2)CC1. The smallest absolute Gasteiger partial charge is 0.270 e. The van der Waals surface area contributed by atoms with Gasteiger partial charge in [-0.1, -0.05) is 6.07 Å². The lowest BCUT2D eigenvalue weighted by molar-refractivity contribution is -0.384. The van der Waals surface area contributed by atoms with E-state index in [2.05, 4.69) is 11.0 Å². The number of piperazine rings is 1. The van der Waals surface area contributed by atoms with Crippen molar-refractivity contribution < 1.29 is 9.72 Å². The number of rotatable bonds is 4. The van der Waals surface area contributed by atoms with E-state index in [4.69, 9.17) is 5.26 Å². The van der Waals surface area contributed by atoms with Gasteiger partial charge in [-0.25, -0.2) is 0 Å². The summed E-state index contributed by atoms with van der Waals surface area (Å²) in [7, 11) is 0. The molecule has 21 heavy (non-hydrogen) atoms. The predicted molar refractivity (Wildman–Crippen MR) is 75.7 cm³/mol. The lowest BCUT2D eigenvalue weighted by atomic mass is 10.1. The quantitative estimate of drug-likeness (QED) is 0.614. The number of carbonyl (C=O) groups is 1. The summed E-state index contributed by atoms with van der Waals surface area (Å²) in [5.41, 5.74) is 0.267. The van der Waals surface area contributed by atoms with Gasteiger partial charge in [0.2, 0.25) is 0 Å². The van der Waals surface area contributed by atoms with E-state index in [9.17, 15) is 14.9 Å². The summed E-state index contributed by atoms with van der Waals surface area (Å²) in [6.07, 6.45) is 0.485. The van der Waals surface area contributed by atoms with Crippen molar-refractivity contribution in [2.75, 3.05) is 32.7 Å². The Bertz CT molecular complexity index is 574. The van der Waals surface area contributed by atoms with Crippen molar-refractivity contribution in [3.05, 3.63) is 39.9 Å². The standard InChI is InChI=1S/C14H16N4O3/c15-5-2-6-16-7-9-17(10-8-16)14(19)12-3-1-4-13(11-12)18(20)21/h1,3-4,11H,2,6-10H2. The van der Waals surface area contributed by atoms with Gasteiger partial charge in [-0.2, -0.15) is 5.26 Å². The lowest BCUT2D eigenvalue weighted by Gasteiger charge is -2.34. The van der Waals surface area contributed by atoms with E-state index in [-0.39, 0.29) is 11.6 Å². The van der Waals surface area contributed by atoms with Crippen molar-refractivity contribution in [2.24, 2.45) is 0 Å². The largest absolute Gasteiger partial charge is 0.336 e. The zero-order chi connectivity index (χ0) is 15.2. The van der Waals surface area contributed by atoms with Crippen molar-refractivity contribution >= 4 is 11.6 Å². The molecular weight excluding hydrogens is 272 g/mol. The Hall–Kier alpha value is -2.46. The first-order chi connectivity index (χ1) is 10.1. The fourth-order valence-electron chi connectivity index (χ4n) is 2.32. The Kier molecular flexibility index (Phi) is 4.85. The molecule has 0 radical (unpaired) electrons. The average molecular weight is 288 g/mol. The van der Waals surface area contributed by atoms with Crippen LogP contribution in [0.25, 0.3) is 0 Å². The number of hydrogen-bond donors (Lipinski definition) is 0. The highest BCUT2D eigenvalue weighted by molar-refractivity contribution is 5.94. The molecule has 1 amide bonds.